The Bertz CT molecular complexity index is 837. The van der Waals surface area contributed by atoms with Crippen LogP contribution in [0.25, 0.3) is 0 Å². The van der Waals surface area contributed by atoms with E-state index >= 15 is 0 Å². The van der Waals surface area contributed by atoms with Gasteiger partial charge in [0.25, 0.3) is 5.91 Å². The second-order valence-corrected chi connectivity index (χ2v) is 6.94. The van der Waals surface area contributed by atoms with Crippen LogP contribution in [0.3, 0.4) is 0 Å². The Morgan fingerprint density at radius 1 is 1.07 bits per heavy atom. The van der Waals surface area contributed by atoms with Gasteiger partial charge in [0.1, 0.15) is 17.2 Å². The number of carbonyl (C=O) groups is 1. The minimum atomic E-state index is -0.662. The predicted molar refractivity (Wildman–Crippen MR) is 106 cm³/mol. The van der Waals surface area contributed by atoms with Gasteiger partial charge in [0.15, 0.2) is 6.10 Å². The van der Waals surface area contributed by atoms with Crippen LogP contribution in [0.4, 0.5) is 5.69 Å². The molecule has 6 heteroatoms. The van der Waals surface area contributed by atoms with Crippen molar-refractivity contribution in [1.29, 1.82) is 0 Å². The third-order valence-corrected chi connectivity index (χ3v) is 5.05. The van der Waals surface area contributed by atoms with Crippen LogP contribution in [-0.4, -0.2) is 26.2 Å². The predicted octanol–water partition coefficient (Wildman–Crippen LogP) is 4.64. The fourth-order valence-corrected chi connectivity index (χ4v) is 3.52. The maximum absolute atomic E-state index is 12.7. The van der Waals surface area contributed by atoms with Crippen LogP contribution in [0.2, 0.25) is 5.02 Å². The molecular weight excluding hydrogens is 366 g/mol. The number of hydrogen-bond donors (Lipinski definition) is 1. The van der Waals surface area contributed by atoms with Crippen molar-refractivity contribution < 1.29 is 19.0 Å². The van der Waals surface area contributed by atoms with Crippen molar-refractivity contribution in [2.45, 2.75) is 38.7 Å². The zero-order valence-corrected chi connectivity index (χ0v) is 16.6. The van der Waals surface area contributed by atoms with Crippen LogP contribution in [0.15, 0.2) is 30.3 Å². The molecule has 1 aliphatic carbocycles. The van der Waals surface area contributed by atoms with Crippen molar-refractivity contribution in [1.82, 2.24) is 0 Å². The molecule has 0 heterocycles. The highest BCUT2D eigenvalue weighted by molar-refractivity contribution is 6.32. The van der Waals surface area contributed by atoms with Crippen LogP contribution in [-0.2, 0) is 17.6 Å². The first-order valence-electron chi connectivity index (χ1n) is 9.03. The molecule has 0 saturated heterocycles. The smallest absolute Gasteiger partial charge is 0.265 e. The minimum Gasteiger partial charge on any atom is -0.495 e. The second-order valence-electron chi connectivity index (χ2n) is 6.54. The molecule has 1 aliphatic rings. The SMILES string of the molecule is COc1cc(NC(=O)C(C)Oc2cccc3c2CCCC3)c(OC)cc1Cl. The van der Waals surface area contributed by atoms with Gasteiger partial charge in [-0.15, -0.1) is 0 Å². The van der Waals surface area contributed by atoms with Gasteiger partial charge in [0.2, 0.25) is 0 Å². The van der Waals surface area contributed by atoms with Gasteiger partial charge in [-0.25, -0.2) is 0 Å². The molecule has 0 saturated carbocycles. The second kappa shape index (κ2) is 8.53. The Morgan fingerprint density at radius 3 is 2.56 bits per heavy atom. The highest BCUT2D eigenvalue weighted by atomic mass is 35.5. The topological polar surface area (TPSA) is 56.8 Å². The zero-order chi connectivity index (χ0) is 19.4. The fraction of sp³-hybridized carbons (Fsp3) is 0.381. The van der Waals surface area contributed by atoms with E-state index in [-0.39, 0.29) is 5.91 Å². The van der Waals surface area contributed by atoms with Crippen LogP contribution in [0.1, 0.15) is 30.9 Å². The van der Waals surface area contributed by atoms with E-state index in [2.05, 4.69) is 11.4 Å². The zero-order valence-electron chi connectivity index (χ0n) is 15.8. The molecule has 2 aromatic carbocycles. The Hall–Kier alpha value is -2.40. The molecule has 0 aromatic heterocycles. The van der Waals surface area contributed by atoms with Gasteiger partial charge in [0.05, 0.1) is 24.9 Å². The lowest BCUT2D eigenvalue weighted by molar-refractivity contribution is -0.122. The van der Waals surface area contributed by atoms with Gasteiger partial charge in [-0.3, -0.25) is 4.79 Å². The number of nitrogens with one attached hydrogen (secondary N) is 1. The number of anilines is 1. The fourth-order valence-electron chi connectivity index (χ4n) is 3.29. The molecule has 0 radical (unpaired) electrons. The van der Waals surface area contributed by atoms with Gasteiger partial charge >= 0.3 is 0 Å². The third kappa shape index (κ3) is 4.30. The number of fused-ring (bicyclic) bond motifs is 1. The van der Waals surface area contributed by atoms with Crippen molar-refractivity contribution in [3.8, 4) is 17.2 Å². The molecular formula is C21H24ClNO4. The minimum absolute atomic E-state index is 0.272. The van der Waals surface area contributed by atoms with Crippen LogP contribution in [0, 0.1) is 0 Å². The van der Waals surface area contributed by atoms with Crippen molar-refractivity contribution >= 4 is 23.2 Å². The number of carbonyl (C=O) groups excluding carboxylic acids is 1. The maximum atomic E-state index is 12.7. The molecule has 144 valence electrons. The molecule has 0 bridgehead atoms. The lowest BCUT2D eigenvalue weighted by atomic mass is 9.91. The number of aryl methyl sites for hydroxylation is 1. The summed E-state index contributed by atoms with van der Waals surface area (Å²) in [6.45, 7) is 1.73. The average molecular weight is 390 g/mol. The van der Waals surface area contributed by atoms with Gasteiger partial charge in [0, 0.05) is 12.1 Å². The molecule has 3 rings (SSSR count). The highest BCUT2D eigenvalue weighted by Gasteiger charge is 2.21. The third-order valence-electron chi connectivity index (χ3n) is 4.76. The van der Waals surface area contributed by atoms with E-state index in [1.54, 1.807) is 19.1 Å². The summed E-state index contributed by atoms with van der Waals surface area (Å²) in [4.78, 5) is 12.7. The molecule has 1 N–H and O–H groups in total. The normalized spacial score (nSPS) is 14.1. The lowest BCUT2D eigenvalue weighted by Crippen LogP contribution is -2.30. The summed E-state index contributed by atoms with van der Waals surface area (Å²) in [5.74, 6) is 1.43. The first-order valence-corrected chi connectivity index (χ1v) is 9.41. The number of hydrogen-bond acceptors (Lipinski definition) is 4. The quantitative estimate of drug-likeness (QED) is 0.781. The van der Waals surface area contributed by atoms with E-state index in [4.69, 9.17) is 25.8 Å². The largest absolute Gasteiger partial charge is 0.495 e. The summed E-state index contributed by atoms with van der Waals surface area (Å²) in [6, 6.07) is 9.29. The monoisotopic (exact) mass is 389 g/mol. The van der Waals surface area contributed by atoms with Crippen LogP contribution < -0.4 is 19.5 Å². The number of amides is 1. The average Bonchev–Trinajstić information content (AvgIpc) is 2.69. The van der Waals surface area contributed by atoms with Gasteiger partial charge < -0.3 is 19.5 Å². The first-order chi connectivity index (χ1) is 13.0. The molecule has 0 spiro atoms. The van der Waals surface area contributed by atoms with Gasteiger partial charge in [-0.2, -0.15) is 0 Å². The Morgan fingerprint density at radius 2 is 1.81 bits per heavy atom. The molecule has 1 unspecified atom stereocenters. The van der Waals surface area contributed by atoms with E-state index < -0.39 is 6.10 Å². The maximum Gasteiger partial charge on any atom is 0.265 e. The van der Waals surface area contributed by atoms with Crippen LogP contribution in [0.5, 0.6) is 17.2 Å². The standard InChI is InChI=1S/C21H24ClNO4/c1-13(27-18-10-6-8-14-7-4-5-9-15(14)18)21(24)23-17-12-19(25-2)16(22)11-20(17)26-3/h6,8,10-13H,4-5,7,9H2,1-3H3,(H,23,24). The Kier molecular flexibility index (Phi) is 6.11. The molecule has 2 aromatic rings. The van der Waals surface area contributed by atoms with Gasteiger partial charge in [-0.05, 0) is 49.8 Å². The lowest BCUT2D eigenvalue weighted by Gasteiger charge is -2.22. The summed E-state index contributed by atoms with van der Waals surface area (Å²) < 4.78 is 16.5. The van der Waals surface area contributed by atoms with E-state index in [9.17, 15) is 4.79 Å². The molecule has 0 fully saturated rings. The van der Waals surface area contributed by atoms with Gasteiger partial charge in [-0.1, -0.05) is 23.7 Å². The molecule has 27 heavy (non-hydrogen) atoms. The summed E-state index contributed by atoms with van der Waals surface area (Å²) in [5.41, 5.74) is 3.01. The number of halogens is 1. The van der Waals surface area contributed by atoms with Crippen molar-refractivity contribution in [3.63, 3.8) is 0 Å². The molecule has 0 aliphatic heterocycles. The van der Waals surface area contributed by atoms with Crippen molar-refractivity contribution in [3.05, 3.63) is 46.5 Å². The number of benzene rings is 2. The van der Waals surface area contributed by atoms with Crippen molar-refractivity contribution in [2.24, 2.45) is 0 Å². The Balaban J connectivity index is 1.75. The van der Waals surface area contributed by atoms with Crippen LogP contribution >= 0.6 is 11.6 Å². The van der Waals surface area contributed by atoms with Crippen molar-refractivity contribution in [2.75, 3.05) is 19.5 Å². The molecule has 1 atom stereocenters. The van der Waals surface area contributed by atoms with E-state index in [1.807, 2.05) is 12.1 Å². The first kappa shape index (κ1) is 19.4. The summed E-state index contributed by atoms with van der Waals surface area (Å²) >= 11 is 6.11. The summed E-state index contributed by atoms with van der Waals surface area (Å²) in [6.07, 6.45) is 3.74. The van der Waals surface area contributed by atoms with E-state index in [0.29, 0.717) is 22.2 Å². The highest BCUT2D eigenvalue weighted by Crippen LogP contribution is 2.36. The number of methoxy groups -OCH3 is 2. The summed E-state index contributed by atoms with van der Waals surface area (Å²) in [7, 11) is 3.04. The molecule has 1 amide bonds. The number of ether oxygens (including phenoxy) is 3. The molecule has 5 nitrogen and oxygen atoms in total. The van der Waals surface area contributed by atoms with E-state index in [0.717, 1.165) is 25.0 Å². The Labute approximate surface area is 164 Å². The van der Waals surface area contributed by atoms with E-state index in [1.165, 1.54) is 31.8 Å². The number of rotatable bonds is 6. The summed E-state index contributed by atoms with van der Waals surface area (Å²) in [5, 5.41) is 3.25.